The Balaban J connectivity index is 1.70. The predicted octanol–water partition coefficient (Wildman–Crippen LogP) is 0.854. The molecule has 1 aliphatic heterocycles. The van der Waals surface area contributed by atoms with Crippen LogP contribution in [-0.4, -0.2) is 47.4 Å². The second-order valence-electron chi connectivity index (χ2n) is 6.94. The van der Waals surface area contributed by atoms with Gasteiger partial charge in [0.2, 0.25) is 5.56 Å². The van der Waals surface area contributed by atoms with E-state index in [2.05, 4.69) is 5.16 Å². The molecule has 0 radical (unpaired) electrons. The molecule has 0 saturated carbocycles. The Morgan fingerprint density at radius 2 is 1.86 bits per heavy atom. The largest absolute Gasteiger partial charge is 0.392 e. The molecule has 1 unspecified atom stereocenters. The number of nitrogens with one attached hydrogen (secondary N) is 1. The van der Waals surface area contributed by atoms with Crippen molar-refractivity contribution in [3.05, 3.63) is 58.5 Å². The van der Waals surface area contributed by atoms with Gasteiger partial charge < -0.3 is 9.40 Å². The van der Waals surface area contributed by atoms with E-state index >= 15 is 0 Å². The summed E-state index contributed by atoms with van der Waals surface area (Å²) in [6.45, 7) is 0. The number of aromatic nitrogens is 1. The highest BCUT2D eigenvalue weighted by atomic mass is 32.2. The van der Waals surface area contributed by atoms with Crippen molar-refractivity contribution < 1.29 is 23.3 Å². The molecule has 2 aromatic rings. The Labute approximate surface area is 167 Å². The summed E-state index contributed by atoms with van der Waals surface area (Å²) in [5.74, 6) is -0.994. The minimum Gasteiger partial charge on any atom is -0.392 e. The minimum atomic E-state index is -3.72. The highest BCUT2D eigenvalue weighted by Crippen LogP contribution is 2.24. The maximum absolute atomic E-state index is 11.8. The maximum Gasteiger partial charge on any atom is 0.261 e. The Bertz CT molecular complexity index is 1110. The standard InChI is InChI=1S/C19H21N3O6S/c1-22-11-14(7-8-18(22)23)12-3-5-13(6-4-12)16-9-15(28-21-16)10-17(19(24)20-25)29(2,26)27/h3-8,11,15,17,25H,9-10H2,1-2H3,(H,20,24)/t15-,17?/m1/s1. The zero-order chi connectivity index (χ0) is 21.2. The van der Waals surface area contributed by atoms with Crippen LogP contribution in [0.25, 0.3) is 11.1 Å². The van der Waals surface area contributed by atoms with Gasteiger partial charge in [0.1, 0.15) is 11.4 Å². The van der Waals surface area contributed by atoms with Gasteiger partial charge in [-0.1, -0.05) is 29.4 Å². The first-order valence-electron chi connectivity index (χ1n) is 8.82. The van der Waals surface area contributed by atoms with E-state index in [0.29, 0.717) is 12.1 Å². The van der Waals surface area contributed by atoms with Crippen molar-refractivity contribution in [2.45, 2.75) is 24.2 Å². The summed E-state index contributed by atoms with van der Waals surface area (Å²) in [5, 5.41) is 11.4. The van der Waals surface area contributed by atoms with Gasteiger partial charge in [-0.15, -0.1) is 0 Å². The number of aryl methyl sites for hydroxylation is 1. The number of sulfone groups is 1. The molecule has 1 aromatic heterocycles. The highest BCUT2D eigenvalue weighted by Gasteiger charge is 2.35. The van der Waals surface area contributed by atoms with Crippen molar-refractivity contribution >= 4 is 21.5 Å². The van der Waals surface area contributed by atoms with Gasteiger partial charge in [-0.2, -0.15) is 0 Å². The van der Waals surface area contributed by atoms with E-state index in [-0.39, 0.29) is 12.0 Å². The van der Waals surface area contributed by atoms with Crippen molar-refractivity contribution in [1.82, 2.24) is 10.0 Å². The van der Waals surface area contributed by atoms with Gasteiger partial charge in [-0.25, -0.2) is 13.9 Å². The van der Waals surface area contributed by atoms with E-state index in [4.69, 9.17) is 10.0 Å². The van der Waals surface area contributed by atoms with Crippen LogP contribution < -0.4 is 11.0 Å². The molecule has 1 aromatic carbocycles. The van der Waals surface area contributed by atoms with Crippen LogP contribution in [0.4, 0.5) is 0 Å². The van der Waals surface area contributed by atoms with Crippen molar-refractivity contribution in [3.8, 4) is 11.1 Å². The third-order valence-electron chi connectivity index (χ3n) is 4.77. The summed E-state index contributed by atoms with van der Waals surface area (Å²) >= 11 is 0. The van der Waals surface area contributed by atoms with Gasteiger partial charge in [0.05, 0.1) is 5.71 Å². The van der Waals surface area contributed by atoms with Crippen LogP contribution in [-0.2, 0) is 26.5 Å². The lowest BCUT2D eigenvalue weighted by molar-refractivity contribution is -0.129. The minimum absolute atomic E-state index is 0.0869. The van der Waals surface area contributed by atoms with E-state index in [1.54, 1.807) is 19.3 Å². The van der Waals surface area contributed by atoms with Crippen LogP contribution in [0.1, 0.15) is 18.4 Å². The molecule has 0 aliphatic carbocycles. The molecule has 0 fully saturated rings. The van der Waals surface area contributed by atoms with Crippen LogP contribution >= 0.6 is 0 Å². The van der Waals surface area contributed by atoms with Crippen molar-refractivity contribution in [1.29, 1.82) is 0 Å². The average Bonchev–Trinajstić information content (AvgIpc) is 3.16. The highest BCUT2D eigenvalue weighted by molar-refractivity contribution is 7.92. The van der Waals surface area contributed by atoms with Crippen LogP contribution in [0.5, 0.6) is 0 Å². The van der Waals surface area contributed by atoms with Crippen LogP contribution in [0.15, 0.2) is 52.5 Å². The topological polar surface area (TPSA) is 127 Å². The normalized spacial score (nSPS) is 17.3. The van der Waals surface area contributed by atoms with Crippen molar-refractivity contribution in [2.75, 3.05) is 6.26 Å². The smallest absolute Gasteiger partial charge is 0.261 e. The molecule has 1 amide bonds. The number of oxime groups is 1. The fraction of sp³-hybridized carbons (Fsp3) is 0.316. The first-order chi connectivity index (χ1) is 13.7. The second kappa shape index (κ2) is 8.18. The SMILES string of the molecule is Cn1cc(-c2ccc(C3=NO[C@@H](CC(C(=O)NO)S(C)(=O)=O)C3)cc2)ccc1=O. The van der Waals surface area contributed by atoms with E-state index in [1.165, 1.54) is 16.1 Å². The lowest BCUT2D eigenvalue weighted by atomic mass is 9.99. The fourth-order valence-electron chi connectivity index (χ4n) is 3.13. The molecule has 10 heteroatoms. The van der Waals surface area contributed by atoms with Gasteiger partial charge in [-0.3, -0.25) is 14.8 Å². The lowest BCUT2D eigenvalue weighted by Gasteiger charge is -2.15. The molecule has 0 bridgehead atoms. The number of rotatable bonds is 6. The zero-order valence-corrected chi connectivity index (χ0v) is 16.7. The van der Waals surface area contributed by atoms with E-state index < -0.39 is 27.1 Å². The third kappa shape index (κ3) is 4.72. The number of hydrogen-bond acceptors (Lipinski definition) is 7. The Hall–Kier alpha value is -2.98. The average molecular weight is 419 g/mol. The molecular weight excluding hydrogens is 398 g/mol. The summed E-state index contributed by atoms with van der Waals surface area (Å²) in [6, 6.07) is 10.8. The molecule has 9 nitrogen and oxygen atoms in total. The van der Waals surface area contributed by atoms with Gasteiger partial charge in [-0.05, 0) is 22.8 Å². The molecule has 0 saturated heterocycles. The number of nitrogens with zero attached hydrogens (tertiary/aromatic N) is 2. The molecule has 1 aliphatic rings. The molecule has 154 valence electrons. The molecule has 0 spiro atoms. The maximum atomic E-state index is 11.8. The summed E-state index contributed by atoms with van der Waals surface area (Å²) < 4.78 is 25.1. The second-order valence-corrected chi connectivity index (χ2v) is 9.17. The van der Waals surface area contributed by atoms with Crippen LogP contribution in [0.2, 0.25) is 0 Å². The monoisotopic (exact) mass is 419 g/mol. The number of amides is 1. The van der Waals surface area contributed by atoms with Crippen molar-refractivity contribution in [2.24, 2.45) is 12.2 Å². The number of carbonyl (C=O) groups is 1. The Kier molecular flexibility index (Phi) is 5.85. The molecule has 2 heterocycles. The quantitative estimate of drug-likeness (QED) is 0.528. The zero-order valence-electron chi connectivity index (χ0n) is 15.9. The van der Waals surface area contributed by atoms with Gasteiger partial charge >= 0.3 is 0 Å². The number of pyridine rings is 1. The molecule has 3 rings (SSSR count). The predicted molar refractivity (Wildman–Crippen MR) is 106 cm³/mol. The fourth-order valence-corrected chi connectivity index (χ4v) is 4.14. The molecule has 29 heavy (non-hydrogen) atoms. The number of carbonyl (C=O) groups excluding carboxylic acids is 1. The molecule has 2 N–H and O–H groups in total. The van der Waals surface area contributed by atoms with E-state index in [0.717, 1.165) is 22.9 Å². The third-order valence-corrected chi connectivity index (χ3v) is 6.21. The molecule has 2 atom stereocenters. The van der Waals surface area contributed by atoms with E-state index in [1.807, 2.05) is 24.3 Å². The summed E-state index contributed by atoms with van der Waals surface area (Å²) in [5.41, 5.74) is 4.57. The number of benzene rings is 1. The number of hydrogen-bond donors (Lipinski definition) is 2. The Morgan fingerprint density at radius 1 is 1.24 bits per heavy atom. The summed E-state index contributed by atoms with van der Waals surface area (Å²) in [6.07, 6.45) is 2.31. The van der Waals surface area contributed by atoms with Gasteiger partial charge in [0.25, 0.3) is 5.91 Å². The van der Waals surface area contributed by atoms with Crippen LogP contribution in [0, 0.1) is 0 Å². The number of hydroxylamine groups is 1. The lowest BCUT2D eigenvalue weighted by Crippen LogP contribution is -2.40. The van der Waals surface area contributed by atoms with Gasteiger partial charge in [0.15, 0.2) is 9.84 Å². The van der Waals surface area contributed by atoms with Gasteiger partial charge in [0, 0.05) is 38.4 Å². The first-order valence-corrected chi connectivity index (χ1v) is 10.8. The molecular formula is C19H21N3O6S. The summed E-state index contributed by atoms with van der Waals surface area (Å²) in [4.78, 5) is 28.5. The summed E-state index contributed by atoms with van der Waals surface area (Å²) in [7, 11) is -2.03. The first kappa shape index (κ1) is 20.7. The van der Waals surface area contributed by atoms with E-state index in [9.17, 15) is 18.0 Å². The van der Waals surface area contributed by atoms with Crippen molar-refractivity contribution in [3.63, 3.8) is 0 Å². The van der Waals surface area contributed by atoms with Crippen LogP contribution in [0.3, 0.4) is 0 Å². The Morgan fingerprint density at radius 3 is 2.45 bits per heavy atom.